The molecule has 0 radical (unpaired) electrons. The first-order valence-corrected chi connectivity index (χ1v) is 7.96. The summed E-state index contributed by atoms with van der Waals surface area (Å²) in [4.78, 5) is 31.5. The predicted molar refractivity (Wildman–Crippen MR) is 77.7 cm³/mol. The van der Waals surface area contributed by atoms with Gasteiger partial charge in [-0.1, -0.05) is 6.92 Å². The van der Waals surface area contributed by atoms with Gasteiger partial charge in [-0.25, -0.2) is 4.98 Å². The van der Waals surface area contributed by atoms with E-state index in [1.807, 2.05) is 11.8 Å². The van der Waals surface area contributed by atoms with Gasteiger partial charge in [0.2, 0.25) is 11.8 Å². The van der Waals surface area contributed by atoms with Gasteiger partial charge in [0.1, 0.15) is 0 Å². The lowest BCUT2D eigenvalue weighted by molar-refractivity contribution is -0.128. The minimum absolute atomic E-state index is 0.0714. The van der Waals surface area contributed by atoms with Gasteiger partial charge in [0.15, 0.2) is 5.13 Å². The third-order valence-electron chi connectivity index (χ3n) is 3.97. The van der Waals surface area contributed by atoms with Crippen molar-refractivity contribution < 1.29 is 9.59 Å². The lowest BCUT2D eigenvalue weighted by atomic mass is 10.1. The Kier molecular flexibility index (Phi) is 3.50. The monoisotopic (exact) mass is 293 g/mol. The van der Waals surface area contributed by atoms with Crippen molar-refractivity contribution in [1.29, 1.82) is 0 Å². The summed E-state index contributed by atoms with van der Waals surface area (Å²) in [6, 6.07) is 0.397. The van der Waals surface area contributed by atoms with Crippen LogP contribution < -0.4 is 5.32 Å². The first-order valence-electron chi connectivity index (χ1n) is 7.15. The first kappa shape index (κ1) is 13.5. The molecular formula is C14H19N3O2S. The zero-order valence-corrected chi connectivity index (χ0v) is 12.6. The molecule has 0 spiro atoms. The number of aryl methyl sites for hydroxylation is 2. The van der Waals surface area contributed by atoms with E-state index in [4.69, 9.17) is 0 Å². The Bertz CT molecular complexity index is 551. The van der Waals surface area contributed by atoms with E-state index in [1.54, 1.807) is 0 Å². The molecule has 6 heteroatoms. The summed E-state index contributed by atoms with van der Waals surface area (Å²) >= 11 is 1.50. The molecule has 20 heavy (non-hydrogen) atoms. The second-order valence-electron chi connectivity index (χ2n) is 5.54. The van der Waals surface area contributed by atoms with Crippen molar-refractivity contribution in [3.63, 3.8) is 0 Å². The van der Waals surface area contributed by atoms with Crippen LogP contribution in [0, 0.1) is 12.8 Å². The minimum atomic E-state index is -0.225. The molecule has 0 bridgehead atoms. The molecule has 2 amide bonds. The predicted octanol–water partition coefficient (Wildman–Crippen LogP) is 1.96. The van der Waals surface area contributed by atoms with Gasteiger partial charge >= 0.3 is 0 Å². The number of hydrogen-bond acceptors (Lipinski definition) is 4. The van der Waals surface area contributed by atoms with Crippen LogP contribution in [0.25, 0.3) is 0 Å². The minimum Gasteiger partial charge on any atom is -0.339 e. The van der Waals surface area contributed by atoms with E-state index in [0.29, 0.717) is 24.1 Å². The van der Waals surface area contributed by atoms with E-state index in [1.165, 1.54) is 11.3 Å². The SMILES string of the molecule is CCc1nc(NC(=O)C2CC(=O)N(C3CC3)C2)sc1C. The Morgan fingerprint density at radius 2 is 2.25 bits per heavy atom. The van der Waals surface area contributed by atoms with Gasteiger partial charge in [-0.15, -0.1) is 11.3 Å². The van der Waals surface area contributed by atoms with Gasteiger partial charge in [-0.2, -0.15) is 0 Å². The summed E-state index contributed by atoms with van der Waals surface area (Å²) < 4.78 is 0. The van der Waals surface area contributed by atoms with Crippen LogP contribution in [0.3, 0.4) is 0 Å². The average Bonchev–Trinajstić information content (AvgIpc) is 3.09. The van der Waals surface area contributed by atoms with Crippen molar-refractivity contribution in [3.05, 3.63) is 10.6 Å². The number of carbonyl (C=O) groups is 2. The quantitative estimate of drug-likeness (QED) is 0.923. The van der Waals surface area contributed by atoms with Crippen LogP contribution in [-0.2, 0) is 16.0 Å². The highest BCUT2D eigenvalue weighted by molar-refractivity contribution is 7.15. The third kappa shape index (κ3) is 2.57. The summed E-state index contributed by atoms with van der Waals surface area (Å²) in [5.74, 6) is -0.174. The number of nitrogens with zero attached hydrogens (tertiary/aromatic N) is 2. The molecule has 1 N–H and O–H groups in total. The van der Waals surface area contributed by atoms with Crippen molar-refractivity contribution in [2.24, 2.45) is 5.92 Å². The smallest absolute Gasteiger partial charge is 0.231 e. The Morgan fingerprint density at radius 3 is 2.85 bits per heavy atom. The van der Waals surface area contributed by atoms with Crippen molar-refractivity contribution in [3.8, 4) is 0 Å². The van der Waals surface area contributed by atoms with Crippen LogP contribution in [0.5, 0.6) is 0 Å². The topological polar surface area (TPSA) is 62.3 Å². The summed E-state index contributed by atoms with van der Waals surface area (Å²) in [7, 11) is 0. The molecule has 5 nitrogen and oxygen atoms in total. The van der Waals surface area contributed by atoms with Gasteiger partial charge < -0.3 is 10.2 Å². The van der Waals surface area contributed by atoms with Crippen molar-refractivity contribution >= 4 is 28.3 Å². The van der Waals surface area contributed by atoms with Gasteiger partial charge in [-0.3, -0.25) is 9.59 Å². The van der Waals surface area contributed by atoms with Gasteiger partial charge in [0.25, 0.3) is 0 Å². The van der Waals surface area contributed by atoms with Crippen molar-refractivity contribution in [1.82, 2.24) is 9.88 Å². The molecule has 0 aromatic carbocycles. The molecule has 1 aliphatic heterocycles. The molecule has 3 rings (SSSR count). The number of carbonyl (C=O) groups excluding carboxylic acids is 2. The molecule has 1 aromatic rings. The molecule has 1 atom stereocenters. The number of anilines is 1. The van der Waals surface area contributed by atoms with E-state index in [2.05, 4.69) is 17.2 Å². The fraction of sp³-hybridized carbons (Fsp3) is 0.643. The Labute approximate surface area is 122 Å². The Balaban J connectivity index is 1.63. The number of hydrogen-bond donors (Lipinski definition) is 1. The molecule has 1 saturated carbocycles. The molecule has 2 heterocycles. The Morgan fingerprint density at radius 1 is 1.50 bits per heavy atom. The summed E-state index contributed by atoms with van der Waals surface area (Å²) in [5, 5.41) is 3.52. The van der Waals surface area contributed by atoms with Gasteiger partial charge in [-0.05, 0) is 26.2 Å². The van der Waals surface area contributed by atoms with E-state index >= 15 is 0 Å². The van der Waals surface area contributed by atoms with E-state index in [-0.39, 0.29) is 17.7 Å². The van der Waals surface area contributed by atoms with Crippen molar-refractivity contribution in [2.75, 3.05) is 11.9 Å². The highest BCUT2D eigenvalue weighted by Crippen LogP contribution is 2.33. The molecular weight excluding hydrogens is 274 g/mol. The van der Waals surface area contributed by atoms with E-state index in [0.717, 1.165) is 29.8 Å². The Hall–Kier alpha value is -1.43. The fourth-order valence-electron chi connectivity index (χ4n) is 2.66. The standard InChI is InChI=1S/C14H19N3O2S/c1-3-11-8(2)20-14(15-11)16-13(19)9-6-12(18)17(7-9)10-4-5-10/h9-10H,3-7H2,1-2H3,(H,15,16,19). The number of nitrogens with one attached hydrogen (secondary N) is 1. The molecule has 1 aromatic heterocycles. The second kappa shape index (κ2) is 5.16. The summed E-state index contributed by atoms with van der Waals surface area (Å²) in [6.07, 6.45) is 3.39. The first-order chi connectivity index (χ1) is 9.58. The zero-order chi connectivity index (χ0) is 14.3. The molecule has 1 aliphatic carbocycles. The van der Waals surface area contributed by atoms with Crippen LogP contribution in [0.4, 0.5) is 5.13 Å². The lowest BCUT2D eigenvalue weighted by Gasteiger charge is -2.14. The van der Waals surface area contributed by atoms with Crippen LogP contribution in [0.2, 0.25) is 0 Å². The number of amides is 2. The summed E-state index contributed by atoms with van der Waals surface area (Å²) in [6.45, 7) is 4.64. The maximum atomic E-state index is 12.2. The van der Waals surface area contributed by atoms with Crippen LogP contribution in [0.1, 0.15) is 36.8 Å². The highest BCUT2D eigenvalue weighted by Gasteiger charge is 2.41. The molecule has 2 fully saturated rings. The highest BCUT2D eigenvalue weighted by atomic mass is 32.1. The molecule has 1 unspecified atom stereocenters. The van der Waals surface area contributed by atoms with Gasteiger partial charge in [0.05, 0.1) is 11.6 Å². The number of likely N-dealkylation sites (tertiary alicyclic amines) is 1. The van der Waals surface area contributed by atoms with Gasteiger partial charge in [0, 0.05) is 23.9 Å². The van der Waals surface area contributed by atoms with Crippen LogP contribution >= 0.6 is 11.3 Å². The number of rotatable bonds is 4. The number of aromatic nitrogens is 1. The van der Waals surface area contributed by atoms with Crippen LogP contribution in [-0.4, -0.2) is 34.3 Å². The normalized spacial score (nSPS) is 22.4. The molecule has 108 valence electrons. The number of thiazole rings is 1. The van der Waals surface area contributed by atoms with E-state index < -0.39 is 0 Å². The average molecular weight is 293 g/mol. The van der Waals surface area contributed by atoms with Crippen LogP contribution in [0.15, 0.2) is 0 Å². The molecule has 2 aliphatic rings. The van der Waals surface area contributed by atoms with Crippen molar-refractivity contribution in [2.45, 2.75) is 45.6 Å². The summed E-state index contributed by atoms with van der Waals surface area (Å²) in [5.41, 5.74) is 1.03. The third-order valence-corrected chi connectivity index (χ3v) is 4.90. The zero-order valence-electron chi connectivity index (χ0n) is 11.8. The maximum Gasteiger partial charge on any atom is 0.231 e. The van der Waals surface area contributed by atoms with E-state index in [9.17, 15) is 9.59 Å². The second-order valence-corrected chi connectivity index (χ2v) is 6.75. The lowest BCUT2D eigenvalue weighted by Crippen LogP contribution is -2.29. The fourth-order valence-corrected chi connectivity index (χ4v) is 3.57. The maximum absolute atomic E-state index is 12.2. The largest absolute Gasteiger partial charge is 0.339 e. The molecule has 1 saturated heterocycles.